The van der Waals surface area contributed by atoms with Gasteiger partial charge in [-0.25, -0.2) is 0 Å². The van der Waals surface area contributed by atoms with Crippen molar-refractivity contribution < 1.29 is 28.8 Å². The molecule has 3 N–H and O–H groups in total. The zero-order chi connectivity index (χ0) is 22.1. The number of hydrogen-bond donors (Lipinski definition) is 3. The Labute approximate surface area is 171 Å². The number of benzene rings is 2. The van der Waals surface area contributed by atoms with Crippen LogP contribution in [-0.2, 0) is 4.79 Å². The lowest BCUT2D eigenvalue weighted by atomic mass is 10.2. The van der Waals surface area contributed by atoms with Crippen LogP contribution >= 0.6 is 0 Å². The van der Waals surface area contributed by atoms with Gasteiger partial charge in [0.2, 0.25) is 5.91 Å². The summed E-state index contributed by atoms with van der Waals surface area (Å²) in [5, 5.41) is 13.1. The molecule has 3 amide bonds. The zero-order valence-electron chi connectivity index (χ0n) is 16.3. The highest BCUT2D eigenvalue weighted by Crippen LogP contribution is 2.27. The largest absolute Gasteiger partial charge is 0.493 e. The van der Waals surface area contributed by atoms with Crippen molar-refractivity contribution in [2.75, 3.05) is 20.8 Å². The molecule has 2 aromatic carbocycles. The molecule has 30 heavy (non-hydrogen) atoms. The van der Waals surface area contributed by atoms with E-state index in [1.807, 2.05) is 0 Å². The maximum atomic E-state index is 12.1. The average molecular weight is 416 g/mol. The fraction of sp³-hybridized carbons (Fsp3) is 0.211. The highest BCUT2D eigenvalue weighted by molar-refractivity contribution is 5.96. The van der Waals surface area contributed by atoms with Crippen molar-refractivity contribution in [2.24, 2.45) is 0 Å². The Morgan fingerprint density at radius 2 is 1.53 bits per heavy atom. The first-order chi connectivity index (χ1) is 14.3. The van der Waals surface area contributed by atoms with Crippen LogP contribution in [0.25, 0.3) is 0 Å². The van der Waals surface area contributed by atoms with Crippen LogP contribution in [0.3, 0.4) is 0 Å². The molecular formula is C19H20N4O7. The minimum absolute atomic E-state index is 0.00782. The number of nitrogens with zero attached hydrogens (tertiary/aromatic N) is 1. The summed E-state index contributed by atoms with van der Waals surface area (Å²) < 4.78 is 10.2. The van der Waals surface area contributed by atoms with E-state index in [1.165, 1.54) is 50.6 Å². The van der Waals surface area contributed by atoms with Crippen LogP contribution in [0.1, 0.15) is 27.1 Å². The summed E-state index contributed by atoms with van der Waals surface area (Å²) in [4.78, 5) is 46.0. The summed E-state index contributed by atoms with van der Waals surface area (Å²) >= 11 is 0. The Kier molecular flexibility index (Phi) is 7.68. The molecule has 0 bridgehead atoms. The summed E-state index contributed by atoms with van der Waals surface area (Å²) in [5.74, 6) is -0.730. The molecule has 0 aromatic heterocycles. The van der Waals surface area contributed by atoms with E-state index in [2.05, 4.69) is 16.2 Å². The van der Waals surface area contributed by atoms with Gasteiger partial charge in [-0.05, 0) is 30.3 Å². The second-order valence-corrected chi connectivity index (χ2v) is 5.88. The Hall–Kier alpha value is -4.15. The van der Waals surface area contributed by atoms with Gasteiger partial charge >= 0.3 is 0 Å². The number of hydrazine groups is 1. The number of carbonyl (C=O) groups excluding carboxylic acids is 3. The van der Waals surface area contributed by atoms with Gasteiger partial charge in [0.05, 0.1) is 19.1 Å². The van der Waals surface area contributed by atoms with Crippen molar-refractivity contribution >= 4 is 23.4 Å². The number of methoxy groups -OCH3 is 2. The molecule has 158 valence electrons. The minimum Gasteiger partial charge on any atom is -0.493 e. The maximum Gasteiger partial charge on any atom is 0.269 e. The van der Waals surface area contributed by atoms with Crippen LogP contribution in [-0.4, -0.2) is 43.4 Å². The molecule has 2 rings (SSSR count). The zero-order valence-corrected chi connectivity index (χ0v) is 16.3. The van der Waals surface area contributed by atoms with E-state index in [0.717, 1.165) is 0 Å². The third-order valence-corrected chi connectivity index (χ3v) is 3.94. The highest BCUT2D eigenvalue weighted by Gasteiger charge is 2.13. The number of nitrogens with one attached hydrogen (secondary N) is 3. The Morgan fingerprint density at radius 1 is 0.900 bits per heavy atom. The molecule has 0 heterocycles. The van der Waals surface area contributed by atoms with Crippen molar-refractivity contribution in [3.05, 3.63) is 63.7 Å². The number of ether oxygens (including phenoxy) is 2. The summed E-state index contributed by atoms with van der Waals surface area (Å²) in [6.07, 6.45) is -0.0923. The lowest BCUT2D eigenvalue weighted by Gasteiger charge is -2.11. The van der Waals surface area contributed by atoms with Crippen LogP contribution < -0.4 is 25.6 Å². The first kappa shape index (κ1) is 22.1. The minimum atomic E-state index is -0.567. The van der Waals surface area contributed by atoms with Gasteiger partial charge in [-0.3, -0.25) is 35.3 Å². The number of amides is 3. The van der Waals surface area contributed by atoms with Crippen LogP contribution in [0.2, 0.25) is 0 Å². The standard InChI is InChI=1S/C19H20N4O7/c1-29-15-8-5-13(11-16(15)30-2)19(26)22-21-17(24)9-10-20-18(25)12-3-6-14(7-4-12)23(27)28/h3-8,11H,9-10H2,1-2H3,(H,20,25)(H,21,24)(H,22,26). The Balaban J connectivity index is 1.77. The number of non-ortho nitro benzene ring substituents is 1. The summed E-state index contributed by atoms with van der Waals surface area (Å²) in [6, 6.07) is 9.59. The van der Waals surface area contributed by atoms with E-state index in [4.69, 9.17) is 9.47 Å². The summed E-state index contributed by atoms with van der Waals surface area (Å²) in [7, 11) is 2.91. The third-order valence-electron chi connectivity index (χ3n) is 3.94. The normalized spacial score (nSPS) is 9.93. The second-order valence-electron chi connectivity index (χ2n) is 5.88. The van der Waals surface area contributed by atoms with Gasteiger partial charge in [-0.15, -0.1) is 0 Å². The van der Waals surface area contributed by atoms with Crippen LogP contribution in [0.5, 0.6) is 11.5 Å². The van der Waals surface area contributed by atoms with Gasteiger partial charge in [0.25, 0.3) is 17.5 Å². The molecule has 0 unspecified atom stereocenters. The fourth-order valence-electron chi connectivity index (χ4n) is 2.36. The van der Waals surface area contributed by atoms with Crippen LogP contribution in [0.15, 0.2) is 42.5 Å². The first-order valence-corrected chi connectivity index (χ1v) is 8.69. The van der Waals surface area contributed by atoms with Crippen LogP contribution in [0, 0.1) is 10.1 Å². The monoisotopic (exact) mass is 416 g/mol. The van der Waals surface area contributed by atoms with E-state index in [9.17, 15) is 24.5 Å². The Bertz CT molecular complexity index is 944. The molecule has 0 saturated heterocycles. The van der Waals surface area contributed by atoms with Crippen molar-refractivity contribution in [3.8, 4) is 11.5 Å². The van der Waals surface area contributed by atoms with E-state index in [-0.39, 0.29) is 29.8 Å². The lowest BCUT2D eigenvalue weighted by molar-refractivity contribution is -0.384. The van der Waals surface area contributed by atoms with Crippen molar-refractivity contribution in [3.63, 3.8) is 0 Å². The van der Waals surface area contributed by atoms with Gasteiger partial charge in [0, 0.05) is 36.2 Å². The van der Waals surface area contributed by atoms with Gasteiger partial charge in [-0.1, -0.05) is 0 Å². The number of rotatable bonds is 8. The van der Waals surface area contributed by atoms with E-state index in [0.29, 0.717) is 11.5 Å². The molecule has 11 nitrogen and oxygen atoms in total. The van der Waals surface area contributed by atoms with Crippen molar-refractivity contribution in [2.45, 2.75) is 6.42 Å². The number of hydrogen-bond acceptors (Lipinski definition) is 7. The molecule has 0 aliphatic rings. The lowest BCUT2D eigenvalue weighted by Crippen LogP contribution is -2.42. The molecular weight excluding hydrogens is 396 g/mol. The van der Waals surface area contributed by atoms with Crippen molar-refractivity contribution in [1.82, 2.24) is 16.2 Å². The predicted molar refractivity (Wildman–Crippen MR) is 105 cm³/mol. The molecule has 0 spiro atoms. The fourth-order valence-corrected chi connectivity index (χ4v) is 2.36. The van der Waals surface area contributed by atoms with Gasteiger partial charge in [0.1, 0.15) is 0 Å². The molecule has 11 heteroatoms. The average Bonchev–Trinajstić information content (AvgIpc) is 2.76. The molecule has 0 aliphatic carbocycles. The van der Waals surface area contributed by atoms with Gasteiger partial charge in [-0.2, -0.15) is 0 Å². The molecule has 0 aliphatic heterocycles. The van der Waals surface area contributed by atoms with E-state index < -0.39 is 22.6 Å². The van der Waals surface area contributed by atoms with Crippen LogP contribution in [0.4, 0.5) is 5.69 Å². The molecule has 0 radical (unpaired) electrons. The molecule has 0 atom stereocenters. The first-order valence-electron chi connectivity index (χ1n) is 8.69. The smallest absolute Gasteiger partial charge is 0.269 e. The third kappa shape index (κ3) is 5.92. The van der Waals surface area contributed by atoms with Gasteiger partial charge in [0.15, 0.2) is 11.5 Å². The quantitative estimate of drug-likeness (QED) is 0.432. The maximum absolute atomic E-state index is 12.1. The van der Waals surface area contributed by atoms with Gasteiger partial charge < -0.3 is 14.8 Å². The molecule has 2 aromatic rings. The summed E-state index contributed by atoms with van der Waals surface area (Å²) in [6.45, 7) is 0.00782. The predicted octanol–water partition coefficient (Wildman–Crippen LogP) is 1.19. The number of nitro benzene ring substituents is 1. The second kappa shape index (κ2) is 10.4. The van der Waals surface area contributed by atoms with Crippen molar-refractivity contribution in [1.29, 1.82) is 0 Å². The molecule has 0 fully saturated rings. The molecule has 0 saturated carbocycles. The number of nitro groups is 1. The van der Waals surface area contributed by atoms with E-state index >= 15 is 0 Å². The summed E-state index contributed by atoms with van der Waals surface area (Å²) in [5.41, 5.74) is 4.85. The number of carbonyl (C=O) groups is 3. The topological polar surface area (TPSA) is 149 Å². The SMILES string of the molecule is COc1ccc(C(=O)NNC(=O)CCNC(=O)c2ccc([N+](=O)[O-])cc2)cc1OC. The highest BCUT2D eigenvalue weighted by atomic mass is 16.6. The van der Waals surface area contributed by atoms with E-state index in [1.54, 1.807) is 6.07 Å². The Morgan fingerprint density at radius 3 is 2.13 bits per heavy atom.